The van der Waals surface area contributed by atoms with E-state index < -0.39 is 18.5 Å². The van der Waals surface area contributed by atoms with Gasteiger partial charge in [-0.3, -0.25) is 9.59 Å². The summed E-state index contributed by atoms with van der Waals surface area (Å²) in [5.74, 6) is -1.41. The van der Waals surface area contributed by atoms with Gasteiger partial charge in [0, 0.05) is 12.6 Å². The van der Waals surface area contributed by atoms with Crippen LogP contribution in [0.15, 0.2) is 22.9 Å². The second-order valence-electron chi connectivity index (χ2n) is 3.73. The Labute approximate surface area is 120 Å². The Kier molecular flexibility index (Phi) is 7.05. The highest BCUT2D eigenvalue weighted by Gasteiger charge is 2.06. The molecule has 0 saturated heterocycles. The quantitative estimate of drug-likeness (QED) is 0.569. The monoisotopic (exact) mass is 296 g/mol. The SMILES string of the molecule is CCNC(=O)CNC(=O)COC(=O)/C=C/c1ccsc1. The van der Waals surface area contributed by atoms with Crippen molar-refractivity contribution in [1.82, 2.24) is 10.6 Å². The molecule has 0 bridgehead atoms. The third-order valence-electron chi connectivity index (χ3n) is 2.12. The molecular weight excluding hydrogens is 280 g/mol. The molecule has 6 nitrogen and oxygen atoms in total. The maximum Gasteiger partial charge on any atom is 0.331 e. The average Bonchev–Trinajstić information content (AvgIpc) is 2.94. The zero-order valence-electron chi connectivity index (χ0n) is 11.0. The van der Waals surface area contributed by atoms with Gasteiger partial charge in [-0.1, -0.05) is 0 Å². The summed E-state index contributed by atoms with van der Waals surface area (Å²) < 4.78 is 4.73. The zero-order valence-corrected chi connectivity index (χ0v) is 11.9. The van der Waals surface area contributed by atoms with E-state index in [-0.39, 0.29) is 12.5 Å². The number of likely N-dealkylation sites (N-methyl/N-ethyl adjacent to an activating group) is 1. The summed E-state index contributed by atoms with van der Waals surface area (Å²) in [5.41, 5.74) is 0.896. The molecule has 0 aliphatic heterocycles. The summed E-state index contributed by atoms with van der Waals surface area (Å²) in [4.78, 5) is 33.7. The lowest BCUT2D eigenvalue weighted by atomic mass is 10.3. The third-order valence-corrected chi connectivity index (χ3v) is 2.82. The highest BCUT2D eigenvalue weighted by Crippen LogP contribution is 2.07. The number of carbonyl (C=O) groups excluding carboxylic acids is 3. The minimum absolute atomic E-state index is 0.130. The van der Waals surface area contributed by atoms with Crippen LogP contribution in [0.3, 0.4) is 0 Å². The summed E-state index contributed by atoms with van der Waals surface area (Å²) in [5, 5.41) is 8.64. The third kappa shape index (κ3) is 6.69. The number of hydrogen-bond donors (Lipinski definition) is 2. The maximum atomic E-state index is 11.3. The number of nitrogens with one attached hydrogen (secondary N) is 2. The summed E-state index contributed by atoms with van der Waals surface area (Å²) in [6, 6.07) is 1.85. The first-order valence-corrected chi connectivity index (χ1v) is 6.96. The number of rotatable bonds is 7. The van der Waals surface area contributed by atoms with E-state index in [2.05, 4.69) is 10.6 Å². The topological polar surface area (TPSA) is 84.5 Å². The molecule has 2 amide bonds. The van der Waals surface area contributed by atoms with Gasteiger partial charge in [0.2, 0.25) is 5.91 Å². The first kappa shape index (κ1) is 15.9. The van der Waals surface area contributed by atoms with Crippen molar-refractivity contribution in [3.63, 3.8) is 0 Å². The van der Waals surface area contributed by atoms with Gasteiger partial charge in [0.1, 0.15) is 0 Å². The minimum Gasteiger partial charge on any atom is -0.452 e. The van der Waals surface area contributed by atoms with E-state index in [0.29, 0.717) is 6.54 Å². The van der Waals surface area contributed by atoms with E-state index in [0.717, 1.165) is 5.56 Å². The van der Waals surface area contributed by atoms with Crippen molar-refractivity contribution in [2.45, 2.75) is 6.92 Å². The van der Waals surface area contributed by atoms with Crippen molar-refractivity contribution in [1.29, 1.82) is 0 Å². The molecule has 1 heterocycles. The molecule has 0 aromatic carbocycles. The molecule has 0 spiro atoms. The predicted octanol–water partition coefficient (Wildman–Crippen LogP) is 0.557. The molecule has 0 atom stereocenters. The highest BCUT2D eigenvalue weighted by molar-refractivity contribution is 7.08. The molecule has 1 aromatic heterocycles. The summed E-state index contributed by atoms with van der Waals surface area (Å²) in [6.45, 7) is 1.74. The van der Waals surface area contributed by atoms with Gasteiger partial charge < -0.3 is 15.4 Å². The first-order chi connectivity index (χ1) is 9.61. The molecule has 0 saturated carbocycles. The molecule has 0 aliphatic carbocycles. The Morgan fingerprint density at radius 3 is 2.75 bits per heavy atom. The van der Waals surface area contributed by atoms with Crippen molar-refractivity contribution >= 4 is 35.2 Å². The number of ether oxygens (including phenoxy) is 1. The van der Waals surface area contributed by atoms with Crippen LogP contribution in [0.2, 0.25) is 0 Å². The van der Waals surface area contributed by atoms with Crippen molar-refractivity contribution in [2.24, 2.45) is 0 Å². The van der Waals surface area contributed by atoms with Crippen LogP contribution in [-0.4, -0.2) is 37.5 Å². The molecule has 1 rings (SSSR count). The molecule has 0 aliphatic rings. The van der Waals surface area contributed by atoms with Crippen LogP contribution in [-0.2, 0) is 19.1 Å². The Bertz CT molecular complexity index is 483. The molecule has 0 radical (unpaired) electrons. The van der Waals surface area contributed by atoms with Crippen molar-refractivity contribution < 1.29 is 19.1 Å². The van der Waals surface area contributed by atoms with E-state index in [1.54, 1.807) is 13.0 Å². The average molecular weight is 296 g/mol. The molecule has 0 fully saturated rings. The van der Waals surface area contributed by atoms with E-state index in [1.807, 2.05) is 16.8 Å². The van der Waals surface area contributed by atoms with Gasteiger partial charge in [0.15, 0.2) is 6.61 Å². The number of thiophene rings is 1. The van der Waals surface area contributed by atoms with Gasteiger partial charge in [-0.2, -0.15) is 11.3 Å². The van der Waals surface area contributed by atoms with Crippen LogP contribution in [0.25, 0.3) is 6.08 Å². The first-order valence-electron chi connectivity index (χ1n) is 6.02. The number of esters is 1. The van der Waals surface area contributed by atoms with Crippen molar-refractivity contribution in [3.05, 3.63) is 28.5 Å². The molecular formula is C13H16N2O4S. The van der Waals surface area contributed by atoms with Crippen LogP contribution in [0.4, 0.5) is 0 Å². The van der Waals surface area contributed by atoms with Crippen molar-refractivity contribution in [3.8, 4) is 0 Å². The lowest BCUT2D eigenvalue weighted by Crippen LogP contribution is -2.38. The van der Waals surface area contributed by atoms with E-state index >= 15 is 0 Å². The maximum absolute atomic E-state index is 11.3. The molecule has 2 N–H and O–H groups in total. The number of amides is 2. The van der Waals surface area contributed by atoms with E-state index in [4.69, 9.17) is 4.74 Å². The van der Waals surface area contributed by atoms with Gasteiger partial charge >= 0.3 is 5.97 Å². The largest absolute Gasteiger partial charge is 0.452 e. The lowest BCUT2D eigenvalue weighted by molar-refractivity contribution is -0.143. The Morgan fingerprint density at radius 1 is 1.30 bits per heavy atom. The predicted molar refractivity (Wildman–Crippen MR) is 76.0 cm³/mol. The second-order valence-corrected chi connectivity index (χ2v) is 4.51. The van der Waals surface area contributed by atoms with Crippen LogP contribution < -0.4 is 10.6 Å². The van der Waals surface area contributed by atoms with Gasteiger partial charge in [-0.05, 0) is 35.4 Å². The molecule has 1 aromatic rings. The normalized spacial score (nSPS) is 10.2. The van der Waals surface area contributed by atoms with Gasteiger partial charge in [-0.25, -0.2) is 4.79 Å². The standard InChI is InChI=1S/C13H16N2O4S/c1-2-14-11(16)7-15-12(17)8-19-13(18)4-3-10-5-6-20-9-10/h3-6,9H,2,7-8H2,1H3,(H,14,16)(H,15,17)/b4-3+. The van der Waals surface area contributed by atoms with Gasteiger partial charge in [-0.15, -0.1) is 0 Å². The fraction of sp³-hybridized carbons (Fsp3) is 0.308. The van der Waals surface area contributed by atoms with Crippen LogP contribution in [0.5, 0.6) is 0 Å². The van der Waals surface area contributed by atoms with Crippen LogP contribution in [0, 0.1) is 0 Å². The summed E-state index contributed by atoms with van der Waals surface area (Å²) >= 11 is 1.52. The van der Waals surface area contributed by atoms with E-state index in [1.165, 1.54) is 17.4 Å². The Balaban J connectivity index is 2.20. The van der Waals surface area contributed by atoms with Gasteiger partial charge in [0.25, 0.3) is 5.91 Å². The van der Waals surface area contributed by atoms with Gasteiger partial charge in [0.05, 0.1) is 6.54 Å². The molecule has 20 heavy (non-hydrogen) atoms. The lowest BCUT2D eigenvalue weighted by Gasteiger charge is -2.05. The number of carbonyl (C=O) groups is 3. The Hall–Kier alpha value is -2.15. The Morgan fingerprint density at radius 2 is 2.10 bits per heavy atom. The van der Waals surface area contributed by atoms with Crippen LogP contribution >= 0.6 is 11.3 Å². The molecule has 0 unspecified atom stereocenters. The number of hydrogen-bond acceptors (Lipinski definition) is 5. The highest BCUT2D eigenvalue weighted by atomic mass is 32.1. The summed E-state index contributed by atoms with van der Waals surface area (Å²) in [6.07, 6.45) is 2.85. The smallest absolute Gasteiger partial charge is 0.331 e. The van der Waals surface area contributed by atoms with Crippen LogP contribution in [0.1, 0.15) is 12.5 Å². The molecule has 108 valence electrons. The molecule has 7 heteroatoms. The minimum atomic E-state index is -0.607. The van der Waals surface area contributed by atoms with Crippen molar-refractivity contribution in [2.75, 3.05) is 19.7 Å². The second kappa shape index (κ2) is 8.87. The zero-order chi connectivity index (χ0) is 14.8. The summed E-state index contributed by atoms with van der Waals surface area (Å²) in [7, 11) is 0. The fourth-order valence-electron chi connectivity index (χ4n) is 1.21. The van der Waals surface area contributed by atoms with E-state index in [9.17, 15) is 14.4 Å². The fourth-order valence-corrected chi connectivity index (χ4v) is 1.84.